The van der Waals surface area contributed by atoms with Gasteiger partial charge in [0, 0.05) is 19.6 Å². The zero-order chi connectivity index (χ0) is 13.3. The molecule has 3 N–H and O–H groups in total. The first-order valence-electron chi connectivity index (χ1n) is 6.50. The molecule has 0 aliphatic carbocycles. The molecule has 2 aliphatic heterocycles. The monoisotopic (exact) mass is 290 g/mol. The molecule has 0 radical (unpaired) electrons. The number of likely N-dealkylation sites (tertiary alicyclic amines) is 1. The molecule has 0 saturated carbocycles. The van der Waals surface area contributed by atoms with E-state index in [1.165, 1.54) is 4.90 Å². The standard InChI is InChI=1S/C12H22N4O2.ClH/c1-12(2)10(17)16(11(18)14-12)6-5-15-4-3-9(7-13)8-15;/h9H,3-8,13H2,1-2H3,(H,14,18);1H. The van der Waals surface area contributed by atoms with Gasteiger partial charge in [-0.05, 0) is 39.3 Å². The lowest BCUT2D eigenvalue weighted by molar-refractivity contribution is -0.130. The number of nitrogens with one attached hydrogen (secondary N) is 1. The van der Waals surface area contributed by atoms with Crippen LogP contribution in [0.15, 0.2) is 0 Å². The first-order valence-corrected chi connectivity index (χ1v) is 6.50. The molecule has 2 rings (SSSR count). The van der Waals surface area contributed by atoms with Crippen LogP contribution in [-0.4, -0.2) is 60.0 Å². The third-order valence-electron chi connectivity index (χ3n) is 3.79. The summed E-state index contributed by atoms with van der Waals surface area (Å²) in [7, 11) is 0. The zero-order valence-corrected chi connectivity index (χ0v) is 12.3. The van der Waals surface area contributed by atoms with E-state index in [1.807, 2.05) is 0 Å². The van der Waals surface area contributed by atoms with Gasteiger partial charge in [-0.15, -0.1) is 12.4 Å². The minimum Gasteiger partial charge on any atom is -0.330 e. The third-order valence-corrected chi connectivity index (χ3v) is 3.79. The van der Waals surface area contributed by atoms with Gasteiger partial charge in [-0.3, -0.25) is 9.69 Å². The average Bonchev–Trinajstić information content (AvgIpc) is 2.82. The van der Waals surface area contributed by atoms with Crippen LogP contribution < -0.4 is 11.1 Å². The maximum absolute atomic E-state index is 12.0. The van der Waals surface area contributed by atoms with Gasteiger partial charge in [-0.2, -0.15) is 0 Å². The predicted octanol–water partition coefficient (Wildman–Crippen LogP) is 0.0192. The second-order valence-electron chi connectivity index (χ2n) is 5.70. The Morgan fingerprint density at radius 1 is 1.37 bits per heavy atom. The van der Waals surface area contributed by atoms with Crippen molar-refractivity contribution in [3.63, 3.8) is 0 Å². The summed E-state index contributed by atoms with van der Waals surface area (Å²) < 4.78 is 0. The van der Waals surface area contributed by atoms with Crippen LogP contribution >= 0.6 is 12.4 Å². The first-order chi connectivity index (χ1) is 8.44. The molecule has 110 valence electrons. The molecular weight excluding hydrogens is 268 g/mol. The van der Waals surface area contributed by atoms with E-state index < -0.39 is 5.54 Å². The SMILES string of the molecule is CC1(C)NC(=O)N(CCN2CCC(CN)C2)C1=O.Cl. The summed E-state index contributed by atoms with van der Waals surface area (Å²) in [4.78, 5) is 27.2. The van der Waals surface area contributed by atoms with Crippen LogP contribution in [0.3, 0.4) is 0 Å². The van der Waals surface area contributed by atoms with Crippen molar-refractivity contribution in [3.8, 4) is 0 Å². The molecule has 0 aromatic heterocycles. The van der Waals surface area contributed by atoms with E-state index in [2.05, 4.69) is 10.2 Å². The second-order valence-corrected chi connectivity index (χ2v) is 5.70. The fourth-order valence-electron chi connectivity index (χ4n) is 2.57. The molecule has 0 aromatic rings. The van der Waals surface area contributed by atoms with Crippen LogP contribution in [0.2, 0.25) is 0 Å². The molecule has 2 saturated heterocycles. The Bertz CT molecular complexity index is 362. The van der Waals surface area contributed by atoms with Gasteiger partial charge in [-0.1, -0.05) is 0 Å². The van der Waals surface area contributed by atoms with E-state index in [4.69, 9.17) is 5.73 Å². The molecule has 3 amide bonds. The Morgan fingerprint density at radius 2 is 2.05 bits per heavy atom. The Morgan fingerprint density at radius 3 is 2.53 bits per heavy atom. The van der Waals surface area contributed by atoms with Crippen molar-refractivity contribution >= 4 is 24.3 Å². The Labute approximate surface area is 120 Å². The first kappa shape index (κ1) is 16.2. The number of carbonyl (C=O) groups excluding carboxylic acids is 2. The van der Waals surface area contributed by atoms with Gasteiger partial charge < -0.3 is 16.0 Å². The highest BCUT2D eigenvalue weighted by Gasteiger charge is 2.44. The van der Waals surface area contributed by atoms with Crippen LogP contribution in [0.1, 0.15) is 20.3 Å². The number of hydrogen-bond donors (Lipinski definition) is 2. The van der Waals surface area contributed by atoms with Gasteiger partial charge in [0.1, 0.15) is 5.54 Å². The number of nitrogens with two attached hydrogens (primary N) is 1. The highest BCUT2D eigenvalue weighted by atomic mass is 35.5. The van der Waals surface area contributed by atoms with Crippen LogP contribution in [0.25, 0.3) is 0 Å². The van der Waals surface area contributed by atoms with Gasteiger partial charge in [0.15, 0.2) is 0 Å². The van der Waals surface area contributed by atoms with Gasteiger partial charge in [0.25, 0.3) is 5.91 Å². The van der Waals surface area contributed by atoms with Gasteiger partial charge in [0.2, 0.25) is 0 Å². The molecule has 1 unspecified atom stereocenters. The molecular formula is C12H23ClN4O2. The van der Waals surface area contributed by atoms with Crippen molar-refractivity contribution in [1.29, 1.82) is 0 Å². The Kier molecular flexibility index (Phi) is 5.18. The number of imide groups is 1. The summed E-state index contributed by atoms with van der Waals surface area (Å²) in [6.07, 6.45) is 1.11. The van der Waals surface area contributed by atoms with Crippen molar-refractivity contribution in [1.82, 2.24) is 15.1 Å². The van der Waals surface area contributed by atoms with E-state index >= 15 is 0 Å². The van der Waals surface area contributed by atoms with E-state index in [1.54, 1.807) is 13.8 Å². The van der Waals surface area contributed by atoms with Crippen LogP contribution in [0, 0.1) is 5.92 Å². The smallest absolute Gasteiger partial charge is 0.325 e. The normalized spacial score (nSPS) is 26.5. The molecule has 2 heterocycles. The van der Waals surface area contributed by atoms with E-state index in [-0.39, 0.29) is 24.3 Å². The van der Waals surface area contributed by atoms with Crippen LogP contribution in [0.5, 0.6) is 0 Å². The predicted molar refractivity (Wildman–Crippen MR) is 75.2 cm³/mol. The number of carbonyl (C=O) groups is 2. The summed E-state index contributed by atoms with van der Waals surface area (Å²) in [6.45, 7) is 7.36. The number of urea groups is 1. The van der Waals surface area contributed by atoms with Crippen molar-refractivity contribution in [2.75, 3.05) is 32.7 Å². The highest BCUT2D eigenvalue weighted by Crippen LogP contribution is 2.18. The Hall–Kier alpha value is -0.850. The molecule has 0 bridgehead atoms. The number of nitrogens with zero attached hydrogens (tertiary/aromatic N) is 2. The lowest BCUT2D eigenvalue weighted by Gasteiger charge is -2.20. The summed E-state index contributed by atoms with van der Waals surface area (Å²) >= 11 is 0. The maximum Gasteiger partial charge on any atom is 0.325 e. The molecule has 7 heteroatoms. The molecule has 2 aliphatic rings. The van der Waals surface area contributed by atoms with E-state index in [0.717, 1.165) is 26.1 Å². The second kappa shape index (κ2) is 6.07. The molecule has 0 aromatic carbocycles. The van der Waals surface area contributed by atoms with Gasteiger partial charge in [-0.25, -0.2) is 4.79 Å². The van der Waals surface area contributed by atoms with Gasteiger partial charge in [0.05, 0.1) is 0 Å². The van der Waals surface area contributed by atoms with E-state index in [9.17, 15) is 9.59 Å². The van der Waals surface area contributed by atoms with E-state index in [0.29, 0.717) is 19.0 Å². The average molecular weight is 291 g/mol. The molecule has 19 heavy (non-hydrogen) atoms. The van der Waals surface area contributed by atoms with Crippen molar-refractivity contribution < 1.29 is 9.59 Å². The Balaban J connectivity index is 0.00000180. The fourth-order valence-corrected chi connectivity index (χ4v) is 2.57. The summed E-state index contributed by atoms with van der Waals surface area (Å²) in [5.74, 6) is 0.423. The number of rotatable bonds is 4. The lowest BCUT2D eigenvalue weighted by atomic mass is 10.1. The summed E-state index contributed by atoms with van der Waals surface area (Å²) in [5, 5.41) is 2.69. The molecule has 2 fully saturated rings. The number of amides is 3. The molecule has 6 nitrogen and oxygen atoms in total. The van der Waals surface area contributed by atoms with Crippen LogP contribution in [-0.2, 0) is 4.79 Å². The minimum atomic E-state index is -0.762. The summed E-state index contributed by atoms with van der Waals surface area (Å²) in [5.41, 5.74) is 4.88. The van der Waals surface area contributed by atoms with Crippen molar-refractivity contribution in [2.45, 2.75) is 25.8 Å². The fraction of sp³-hybridized carbons (Fsp3) is 0.833. The molecule has 0 spiro atoms. The quantitative estimate of drug-likeness (QED) is 0.716. The third kappa shape index (κ3) is 3.38. The molecule has 1 atom stereocenters. The number of halogens is 1. The van der Waals surface area contributed by atoms with Gasteiger partial charge >= 0.3 is 6.03 Å². The minimum absolute atomic E-state index is 0. The largest absolute Gasteiger partial charge is 0.330 e. The lowest BCUT2D eigenvalue weighted by Crippen LogP contribution is -2.41. The highest BCUT2D eigenvalue weighted by molar-refractivity contribution is 6.06. The summed E-state index contributed by atoms with van der Waals surface area (Å²) in [6, 6.07) is -0.278. The van der Waals surface area contributed by atoms with Crippen molar-refractivity contribution in [2.24, 2.45) is 11.7 Å². The van der Waals surface area contributed by atoms with Crippen molar-refractivity contribution in [3.05, 3.63) is 0 Å². The van der Waals surface area contributed by atoms with Crippen LogP contribution in [0.4, 0.5) is 4.79 Å². The maximum atomic E-state index is 12.0. The zero-order valence-electron chi connectivity index (χ0n) is 11.5. The number of hydrogen-bond acceptors (Lipinski definition) is 4. The topological polar surface area (TPSA) is 78.7 Å².